The van der Waals surface area contributed by atoms with Gasteiger partial charge in [0.25, 0.3) is 0 Å². The SMILES string of the molecule is CC1CCCC(CN2CCN(CC(=O)O)CC2)C1. The second kappa shape index (κ2) is 6.53. The fourth-order valence-electron chi connectivity index (χ4n) is 3.41. The number of hydrogen-bond acceptors (Lipinski definition) is 3. The summed E-state index contributed by atoms with van der Waals surface area (Å²) in [5, 5.41) is 8.77. The third-order valence-electron chi connectivity index (χ3n) is 4.39. The summed E-state index contributed by atoms with van der Waals surface area (Å²) in [4.78, 5) is 15.2. The molecule has 2 rings (SSSR count). The number of carboxylic acid groups (broad SMARTS) is 1. The highest BCUT2D eigenvalue weighted by molar-refractivity contribution is 5.69. The molecule has 4 heteroatoms. The normalized spacial score (nSPS) is 31.4. The van der Waals surface area contributed by atoms with Crippen molar-refractivity contribution in [1.29, 1.82) is 0 Å². The molecule has 0 aromatic rings. The molecule has 1 N–H and O–H groups in total. The van der Waals surface area contributed by atoms with Gasteiger partial charge in [0.2, 0.25) is 0 Å². The minimum atomic E-state index is -0.704. The summed E-state index contributed by atoms with van der Waals surface area (Å²) in [6.07, 6.45) is 5.57. The maximum absolute atomic E-state index is 10.6. The topological polar surface area (TPSA) is 43.8 Å². The molecule has 2 aliphatic rings. The van der Waals surface area contributed by atoms with Gasteiger partial charge in [-0.1, -0.05) is 19.8 Å². The quantitative estimate of drug-likeness (QED) is 0.826. The Bertz CT molecular complexity index is 275. The van der Waals surface area contributed by atoms with Gasteiger partial charge < -0.3 is 10.0 Å². The first-order valence-electron chi connectivity index (χ1n) is 7.30. The fourth-order valence-corrected chi connectivity index (χ4v) is 3.41. The lowest BCUT2D eigenvalue weighted by atomic mass is 9.82. The van der Waals surface area contributed by atoms with Gasteiger partial charge >= 0.3 is 5.97 Å². The molecule has 1 heterocycles. The first kappa shape index (κ1) is 13.8. The molecule has 0 spiro atoms. The van der Waals surface area contributed by atoms with E-state index in [1.54, 1.807) is 0 Å². The maximum atomic E-state index is 10.6. The Kier molecular flexibility index (Phi) is 5.01. The summed E-state index contributed by atoms with van der Waals surface area (Å²) in [5.74, 6) is 1.07. The Morgan fingerprint density at radius 3 is 2.44 bits per heavy atom. The average molecular weight is 254 g/mol. The smallest absolute Gasteiger partial charge is 0.317 e. The van der Waals surface area contributed by atoms with E-state index in [9.17, 15) is 4.79 Å². The molecule has 0 aromatic heterocycles. The van der Waals surface area contributed by atoms with Crippen LogP contribution >= 0.6 is 0 Å². The Morgan fingerprint density at radius 1 is 1.17 bits per heavy atom. The van der Waals surface area contributed by atoms with Crippen molar-refractivity contribution in [2.75, 3.05) is 39.3 Å². The number of nitrogens with zero attached hydrogens (tertiary/aromatic N) is 2. The second-order valence-corrected chi connectivity index (χ2v) is 6.11. The van der Waals surface area contributed by atoms with Crippen LogP contribution in [0.2, 0.25) is 0 Å². The molecule has 2 fully saturated rings. The Hall–Kier alpha value is -0.610. The molecular formula is C14H26N2O2. The van der Waals surface area contributed by atoms with Crippen molar-refractivity contribution in [3.05, 3.63) is 0 Å². The van der Waals surface area contributed by atoms with E-state index in [0.29, 0.717) is 0 Å². The number of hydrogen-bond donors (Lipinski definition) is 1. The van der Waals surface area contributed by atoms with Crippen molar-refractivity contribution >= 4 is 5.97 Å². The van der Waals surface area contributed by atoms with Gasteiger partial charge in [-0.25, -0.2) is 0 Å². The van der Waals surface area contributed by atoms with Crippen molar-refractivity contribution in [3.8, 4) is 0 Å². The summed E-state index contributed by atoms with van der Waals surface area (Å²) < 4.78 is 0. The van der Waals surface area contributed by atoms with Crippen molar-refractivity contribution in [1.82, 2.24) is 9.80 Å². The van der Waals surface area contributed by atoms with Crippen LogP contribution in [-0.2, 0) is 4.79 Å². The van der Waals surface area contributed by atoms with E-state index in [1.165, 1.54) is 32.2 Å². The zero-order valence-corrected chi connectivity index (χ0v) is 11.5. The third kappa shape index (κ3) is 4.25. The zero-order chi connectivity index (χ0) is 13.0. The number of carboxylic acids is 1. The van der Waals surface area contributed by atoms with E-state index in [2.05, 4.69) is 11.8 Å². The van der Waals surface area contributed by atoms with E-state index in [4.69, 9.17) is 5.11 Å². The van der Waals surface area contributed by atoms with Crippen LogP contribution in [0.25, 0.3) is 0 Å². The van der Waals surface area contributed by atoms with Gasteiger partial charge in [-0.05, 0) is 24.7 Å². The van der Waals surface area contributed by atoms with Crippen LogP contribution in [0, 0.1) is 11.8 Å². The fraction of sp³-hybridized carbons (Fsp3) is 0.929. The predicted octanol–water partition coefficient (Wildman–Crippen LogP) is 1.51. The monoisotopic (exact) mass is 254 g/mol. The van der Waals surface area contributed by atoms with Crippen molar-refractivity contribution in [2.45, 2.75) is 32.6 Å². The molecule has 0 radical (unpaired) electrons. The molecule has 1 aliphatic carbocycles. The molecule has 0 bridgehead atoms. The highest BCUT2D eigenvalue weighted by Crippen LogP contribution is 2.29. The van der Waals surface area contributed by atoms with Crippen LogP contribution in [-0.4, -0.2) is 60.1 Å². The average Bonchev–Trinajstić information content (AvgIpc) is 2.31. The van der Waals surface area contributed by atoms with E-state index < -0.39 is 5.97 Å². The van der Waals surface area contributed by atoms with E-state index in [1.807, 2.05) is 4.90 Å². The van der Waals surface area contributed by atoms with E-state index in [-0.39, 0.29) is 6.54 Å². The van der Waals surface area contributed by atoms with Gasteiger partial charge in [0, 0.05) is 32.7 Å². The number of carbonyl (C=O) groups is 1. The molecule has 18 heavy (non-hydrogen) atoms. The molecule has 4 nitrogen and oxygen atoms in total. The minimum Gasteiger partial charge on any atom is -0.480 e. The van der Waals surface area contributed by atoms with Crippen molar-refractivity contribution in [3.63, 3.8) is 0 Å². The Morgan fingerprint density at radius 2 is 1.83 bits per heavy atom. The molecule has 1 saturated heterocycles. The molecule has 0 amide bonds. The van der Waals surface area contributed by atoms with Crippen LogP contribution in [0.15, 0.2) is 0 Å². The second-order valence-electron chi connectivity index (χ2n) is 6.11. The largest absolute Gasteiger partial charge is 0.480 e. The van der Waals surface area contributed by atoms with Gasteiger partial charge in [-0.2, -0.15) is 0 Å². The molecule has 1 saturated carbocycles. The van der Waals surface area contributed by atoms with Crippen LogP contribution < -0.4 is 0 Å². The highest BCUT2D eigenvalue weighted by atomic mass is 16.4. The molecule has 0 aromatic carbocycles. The lowest BCUT2D eigenvalue weighted by Crippen LogP contribution is -2.49. The summed E-state index contributed by atoms with van der Waals surface area (Å²) in [6.45, 7) is 7.70. The minimum absolute atomic E-state index is 0.203. The molecule has 2 atom stereocenters. The lowest BCUT2D eigenvalue weighted by molar-refractivity contribution is -0.138. The standard InChI is InChI=1S/C14H26N2O2/c1-12-3-2-4-13(9-12)10-15-5-7-16(8-6-15)11-14(17)18/h12-13H,2-11H2,1H3,(H,17,18). The van der Waals surface area contributed by atoms with Gasteiger partial charge in [0.15, 0.2) is 0 Å². The predicted molar refractivity (Wildman–Crippen MR) is 71.6 cm³/mol. The zero-order valence-electron chi connectivity index (χ0n) is 11.5. The number of piperazine rings is 1. The molecule has 2 unspecified atom stereocenters. The van der Waals surface area contributed by atoms with Crippen LogP contribution in [0.4, 0.5) is 0 Å². The summed E-state index contributed by atoms with van der Waals surface area (Å²) >= 11 is 0. The molecule has 1 aliphatic heterocycles. The Labute approximate surface area is 110 Å². The highest BCUT2D eigenvalue weighted by Gasteiger charge is 2.24. The first-order chi connectivity index (χ1) is 8.63. The summed E-state index contributed by atoms with van der Waals surface area (Å²) in [6, 6.07) is 0. The summed E-state index contributed by atoms with van der Waals surface area (Å²) in [5.41, 5.74) is 0. The van der Waals surface area contributed by atoms with Gasteiger partial charge in [-0.3, -0.25) is 9.69 Å². The van der Waals surface area contributed by atoms with Crippen molar-refractivity contribution in [2.24, 2.45) is 11.8 Å². The Balaban J connectivity index is 1.68. The van der Waals surface area contributed by atoms with Crippen LogP contribution in [0.3, 0.4) is 0 Å². The number of aliphatic carboxylic acids is 1. The third-order valence-corrected chi connectivity index (χ3v) is 4.39. The van der Waals surface area contributed by atoms with Crippen molar-refractivity contribution < 1.29 is 9.90 Å². The summed E-state index contributed by atoms with van der Waals surface area (Å²) in [7, 11) is 0. The van der Waals surface area contributed by atoms with Crippen LogP contribution in [0.1, 0.15) is 32.6 Å². The van der Waals surface area contributed by atoms with Gasteiger partial charge in [0.1, 0.15) is 0 Å². The van der Waals surface area contributed by atoms with Gasteiger partial charge in [-0.15, -0.1) is 0 Å². The molecular weight excluding hydrogens is 228 g/mol. The van der Waals surface area contributed by atoms with E-state index in [0.717, 1.165) is 38.0 Å². The van der Waals surface area contributed by atoms with Crippen LogP contribution in [0.5, 0.6) is 0 Å². The van der Waals surface area contributed by atoms with E-state index >= 15 is 0 Å². The van der Waals surface area contributed by atoms with Gasteiger partial charge in [0.05, 0.1) is 6.54 Å². The first-order valence-corrected chi connectivity index (χ1v) is 7.30. The maximum Gasteiger partial charge on any atom is 0.317 e. The molecule has 104 valence electrons. The lowest BCUT2D eigenvalue weighted by Gasteiger charge is -2.37. The number of rotatable bonds is 4.